The number of hydrogen-bond donors (Lipinski definition) is 3. The fourth-order valence-corrected chi connectivity index (χ4v) is 5.36. The van der Waals surface area contributed by atoms with Crippen molar-refractivity contribution < 1.29 is 23.8 Å². The van der Waals surface area contributed by atoms with Crippen molar-refractivity contribution in [2.45, 2.75) is 58.4 Å². The minimum absolute atomic E-state index is 0.118. The van der Waals surface area contributed by atoms with E-state index in [0.717, 1.165) is 31.6 Å². The minimum Gasteiger partial charge on any atom is -0.494 e. The highest BCUT2D eigenvalue weighted by Crippen LogP contribution is 2.37. The van der Waals surface area contributed by atoms with Gasteiger partial charge in [-0.05, 0) is 81.6 Å². The van der Waals surface area contributed by atoms with Crippen LogP contribution in [0, 0.1) is 0 Å². The molecule has 4 rings (SSSR count). The van der Waals surface area contributed by atoms with Crippen LogP contribution < -0.4 is 30.2 Å². The molecule has 0 spiro atoms. The molecule has 3 N–H and O–H groups in total. The van der Waals surface area contributed by atoms with Crippen LogP contribution in [0.3, 0.4) is 0 Å². The van der Waals surface area contributed by atoms with Crippen LogP contribution in [0.4, 0.5) is 15.6 Å². The Balaban J connectivity index is 1.25. The molecule has 226 valence electrons. The highest BCUT2D eigenvalue weighted by atomic mass is 32.1. The molecule has 11 heteroatoms. The monoisotopic (exact) mass is 595 g/mol. The molecule has 3 aromatic rings. The number of likely N-dealkylation sites (tertiary alicyclic amines) is 1. The summed E-state index contributed by atoms with van der Waals surface area (Å²) in [5.74, 6) is 1.38. The number of amides is 3. The summed E-state index contributed by atoms with van der Waals surface area (Å²) in [6.45, 7) is 8.16. The van der Waals surface area contributed by atoms with Gasteiger partial charge in [0.25, 0.3) is 5.91 Å². The number of methoxy groups -OCH3 is 1. The number of nitrogens with one attached hydrogen (secondary N) is 3. The second-order valence-corrected chi connectivity index (χ2v) is 11.1. The quantitative estimate of drug-likeness (QED) is 0.176. The van der Waals surface area contributed by atoms with Crippen molar-refractivity contribution in [2.24, 2.45) is 0 Å². The molecule has 3 amide bonds. The maximum Gasteiger partial charge on any atom is 0.319 e. The predicted octanol–water partition coefficient (Wildman–Crippen LogP) is 6.76. The Hall–Kier alpha value is -3.83. The zero-order chi connectivity index (χ0) is 29.7. The standard InChI is InChI=1S/C31H41N5O5S/c1-4-23(5-2)33-30(38)34-24-12-15-26(27(20-24)39-3)41-28-21-32-31(42-28)35-29(37)22-10-13-25(14-11-22)40-19-9-18-36-16-7-6-8-17-36/h10-15,20-21,23H,4-9,16-19H2,1-3H3,(H,32,35,37)(H2,33,34,38). The number of piperidine rings is 1. The second-order valence-electron chi connectivity index (χ2n) is 10.1. The van der Waals surface area contributed by atoms with Crippen molar-refractivity contribution in [1.82, 2.24) is 15.2 Å². The lowest BCUT2D eigenvalue weighted by Crippen LogP contribution is -2.37. The van der Waals surface area contributed by atoms with Gasteiger partial charge in [-0.2, -0.15) is 0 Å². The van der Waals surface area contributed by atoms with E-state index in [4.69, 9.17) is 14.2 Å². The molecule has 0 saturated carbocycles. The van der Waals surface area contributed by atoms with Crippen molar-refractivity contribution >= 4 is 34.1 Å². The number of benzene rings is 2. The molecule has 2 heterocycles. The van der Waals surface area contributed by atoms with Gasteiger partial charge in [-0.1, -0.05) is 31.6 Å². The van der Waals surface area contributed by atoms with Gasteiger partial charge in [-0.15, -0.1) is 0 Å². The molecule has 1 saturated heterocycles. The smallest absolute Gasteiger partial charge is 0.319 e. The van der Waals surface area contributed by atoms with E-state index in [0.29, 0.717) is 39.6 Å². The summed E-state index contributed by atoms with van der Waals surface area (Å²) in [4.78, 5) is 31.8. The Morgan fingerprint density at radius 1 is 1.00 bits per heavy atom. The average Bonchev–Trinajstić information content (AvgIpc) is 3.46. The molecule has 0 aliphatic carbocycles. The lowest BCUT2D eigenvalue weighted by atomic mass is 10.1. The number of ether oxygens (including phenoxy) is 3. The number of carbonyl (C=O) groups excluding carboxylic acids is 2. The van der Waals surface area contributed by atoms with Gasteiger partial charge in [0.2, 0.25) is 5.06 Å². The molecule has 1 fully saturated rings. The second kappa shape index (κ2) is 16.0. The van der Waals surface area contributed by atoms with E-state index >= 15 is 0 Å². The molecule has 0 atom stereocenters. The summed E-state index contributed by atoms with van der Waals surface area (Å²) in [5, 5.41) is 9.46. The number of nitrogens with zero attached hydrogens (tertiary/aromatic N) is 2. The van der Waals surface area contributed by atoms with Gasteiger partial charge < -0.3 is 29.7 Å². The molecule has 10 nitrogen and oxygen atoms in total. The largest absolute Gasteiger partial charge is 0.494 e. The molecular weight excluding hydrogens is 554 g/mol. The van der Waals surface area contributed by atoms with Gasteiger partial charge in [-0.3, -0.25) is 10.1 Å². The maximum absolute atomic E-state index is 12.8. The van der Waals surface area contributed by atoms with Crippen molar-refractivity contribution in [3.05, 3.63) is 54.2 Å². The molecular formula is C31H41N5O5S. The summed E-state index contributed by atoms with van der Waals surface area (Å²) in [7, 11) is 1.53. The molecule has 0 unspecified atom stereocenters. The van der Waals surface area contributed by atoms with Crippen LogP contribution in [0.2, 0.25) is 0 Å². The summed E-state index contributed by atoms with van der Waals surface area (Å²) in [6.07, 6.45) is 8.17. The Labute approximate surface area is 251 Å². The predicted molar refractivity (Wildman–Crippen MR) is 167 cm³/mol. The summed E-state index contributed by atoms with van der Waals surface area (Å²) in [6, 6.07) is 12.1. The van der Waals surface area contributed by atoms with Crippen molar-refractivity contribution in [2.75, 3.05) is 44.0 Å². The van der Waals surface area contributed by atoms with Crippen LogP contribution >= 0.6 is 11.3 Å². The highest BCUT2D eigenvalue weighted by molar-refractivity contribution is 7.17. The third-order valence-electron chi connectivity index (χ3n) is 7.11. The van der Waals surface area contributed by atoms with Crippen LogP contribution in [-0.4, -0.2) is 61.2 Å². The number of rotatable bonds is 14. The Kier molecular flexibility index (Phi) is 11.8. The summed E-state index contributed by atoms with van der Waals surface area (Å²) >= 11 is 1.20. The van der Waals surface area contributed by atoms with Gasteiger partial charge in [0.1, 0.15) is 5.75 Å². The molecule has 0 radical (unpaired) electrons. The Morgan fingerprint density at radius 2 is 1.76 bits per heavy atom. The summed E-state index contributed by atoms with van der Waals surface area (Å²) in [5.41, 5.74) is 1.08. The van der Waals surface area contributed by atoms with Crippen molar-refractivity contribution in [1.29, 1.82) is 0 Å². The van der Waals surface area contributed by atoms with Gasteiger partial charge in [0.05, 0.1) is 19.9 Å². The van der Waals surface area contributed by atoms with Crippen molar-refractivity contribution in [3.8, 4) is 22.3 Å². The topological polar surface area (TPSA) is 114 Å². The maximum atomic E-state index is 12.8. The fourth-order valence-electron chi connectivity index (χ4n) is 4.68. The molecule has 1 aliphatic rings. The van der Waals surface area contributed by atoms with Gasteiger partial charge in [0.15, 0.2) is 16.6 Å². The van der Waals surface area contributed by atoms with E-state index in [-0.39, 0.29) is 18.0 Å². The number of aromatic nitrogens is 1. The average molecular weight is 596 g/mol. The van der Waals surface area contributed by atoms with Gasteiger partial charge in [-0.25, -0.2) is 9.78 Å². The SMILES string of the molecule is CCC(CC)NC(=O)Nc1ccc(Oc2cnc(NC(=O)c3ccc(OCCCN4CCCCC4)cc3)s2)c(OC)c1. The first-order valence-corrected chi connectivity index (χ1v) is 15.4. The van der Waals surface area contributed by atoms with E-state index in [1.54, 1.807) is 30.3 Å². The molecule has 42 heavy (non-hydrogen) atoms. The first kappa shape index (κ1) is 31.1. The number of thiazole rings is 1. The normalized spacial score (nSPS) is 13.4. The highest BCUT2D eigenvalue weighted by Gasteiger charge is 2.15. The van der Waals surface area contributed by atoms with E-state index in [2.05, 4.69) is 25.8 Å². The van der Waals surface area contributed by atoms with E-state index in [9.17, 15) is 9.59 Å². The van der Waals surface area contributed by atoms with E-state index in [1.807, 2.05) is 26.0 Å². The Morgan fingerprint density at radius 3 is 2.48 bits per heavy atom. The van der Waals surface area contributed by atoms with Crippen molar-refractivity contribution in [3.63, 3.8) is 0 Å². The van der Waals surface area contributed by atoms with Crippen LogP contribution in [0.1, 0.15) is 62.7 Å². The summed E-state index contributed by atoms with van der Waals surface area (Å²) < 4.78 is 17.3. The van der Waals surface area contributed by atoms with E-state index in [1.165, 1.54) is 57.0 Å². The number of urea groups is 1. The van der Waals surface area contributed by atoms with Crippen LogP contribution in [-0.2, 0) is 0 Å². The number of hydrogen-bond acceptors (Lipinski definition) is 8. The van der Waals surface area contributed by atoms with Crippen LogP contribution in [0.25, 0.3) is 0 Å². The van der Waals surface area contributed by atoms with Crippen LogP contribution in [0.15, 0.2) is 48.7 Å². The third-order valence-corrected chi connectivity index (χ3v) is 7.90. The zero-order valence-corrected chi connectivity index (χ0v) is 25.4. The van der Waals surface area contributed by atoms with Gasteiger partial charge in [0, 0.05) is 29.9 Å². The number of anilines is 2. The van der Waals surface area contributed by atoms with Gasteiger partial charge >= 0.3 is 6.03 Å². The third kappa shape index (κ3) is 9.35. The first-order valence-electron chi connectivity index (χ1n) is 14.6. The number of carbonyl (C=O) groups is 2. The Bertz CT molecular complexity index is 1290. The molecule has 1 aliphatic heterocycles. The van der Waals surface area contributed by atoms with E-state index < -0.39 is 0 Å². The van der Waals surface area contributed by atoms with Crippen LogP contribution in [0.5, 0.6) is 22.3 Å². The lowest BCUT2D eigenvalue weighted by Gasteiger charge is -2.26. The molecule has 2 aromatic carbocycles. The fraction of sp³-hybridized carbons (Fsp3) is 0.452. The molecule has 0 bridgehead atoms. The minimum atomic E-state index is -0.271. The molecule has 1 aromatic heterocycles. The first-order chi connectivity index (χ1) is 20.5. The lowest BCUT2D eigenvalue weighted by molar-refractivity contribution is 0.102. The zero-order valence-electron chi connectivity index (χ0n) is 24.6.